The Morgan fingerprint density at radius 1 is 1.17 bits per heavy atom. The maximum absolute atomic E-state index is 11.7. The molecule has 5 nitrogen and oxygen atoms in total. The third kappa shape index (κ3) is 2.57. The molecule has 2 N–H and O–H groups in total. The van der Waals surface area contributed by atoms with E-state index in [1.807, 2.05) is 30.3 Å². The van der Waals surface area contributed by atoms with Crippen LogP contribution in [-0.4, -0.2) is 17.1 Å². The Morgan fingerprint density at radius 2 is 1.83 bits per heavy atom. The average Bonchev–Trinajstić information content (AvgIpc) is 2.89. The zero-order chi connectivity index (χ0) is 16.6. The number of anilines is 1. The Bertz CT molecular complexity index is 796. The fourth-order valence-electron chi connectivity index (χ4n) is 2.81. The summed E-state index contributed by atoms with van der Waals surface area (Å²) >= 11 is 0. The lowest BCUT2D eigenvalue weighted by molar-refractivity contribution is 0.0965. The molecular formula is C18H16N2O3. The molecule has 0 unspecified atom stereocenters. The van der Waals surface area contributed by atoms with Crippen molar-refractivity contribution in [1.82, 2.24) is 5.32 Å². The molecule has 1 aliphatic heterocycles. The first-order chi connectivity index (χ1) is 11.0. The van der Waals surface area contributed by atoms with Crippen LogP contribution in [0, 0.1) is 0 Å². The van der Waals surface area contributed by atoms with E-state index in [0.29, 0.717) is 23.5 Å². The van der Waals surface area contributed by atoms with Gasteiger partial charge in [0.2, 0.25) is 0 Å². The fourth-order valence-corrected chi connectivity index (χ4v) is 2.81. The van der Waals surface area contributed by atoms with Crippen molar-refractivity contribution in [2.75, 3.05) is 4.90 Å². The van der Waals surface area contributed by atoms with E-state index in [-0.39, 0.29) is 5.91 Å². The number of rotatable bonds is 3. The van der Waals surface area contributed by atoms with Crippen molar-refractivity contribution in [2.45, 2.75) is 13.5 Å². The van der Waals surface area contributed by atoms with Crippen LogP contribution < -0.4 is 10.2 Å². The van der Waals surface area contributed by atoms with E-state index >= 15 is 0 Å². The van der Waals surface area contributed by atoms with Crippen molar-refractivity contribution >= 4 is 17.7 Å². The summed E-state index contributed by atoms with van der Waals surface area (Å²) in [5.41, 5.74) is 4.55. The van der Waals surface area contributed by atoms with Crippen molar-refractivity contribution in [3.63, 3.8) is 0 Å². The van der Waals surface area contributed by atoms with Gasteiger partial charge in [0.15, 0.2) is 0 Å². The summed E-state index contributed by atoms with van der Waals surface area (Å²) in [5.74, 6) is -0.0576. The minimum atomic E-state index is -1.07. The summed E-state index contributed by atoms with van der Waals surface area (Å²) in [4.78, 5) is 24.2. The molecule has 0 saturated heterocycles. The Morgan fingerprint density at radius 3 is 2.43 bits per heavy atom. The number of hydrogen-bond acceptors (Lipinski definition) is 2. The van der Waals surface area contributed by atoms with E-state index in [0.717, 1.165) is 21.6 Å². The van der Waals surface area contributed by atoms with Crippen molar-refractivity contribution in [3.8, 4) is 11.1 Å². The van der Waals surface area contributed by atoms with E-state index in [1.165, 1.54) is 0 Å². The topological polar surface area (TPSA) is 69.6 Å². The summed E-state index contributed by atoms with van der Waals surface area (Å²) in [6.07, 6.45) is -1.07. The normalized spacial score (nSPS) is 12.5. The number of nitrogens with zero attached hydrogens (tertiary/aromatic N) is 1. The number of carboxylic acid groups (broad SMARTS) is 1. The van der Waals surface area contributed by atoms with Crippen molar-refractivity contribution in [3.05, 3.63) is 65.9 Å². The van der Waals surface area contributed by atoms with Gasteiger partial charge in [0, 0.05) is 17.8 Å². The smallest absolute Gasteiger partial charge is 0.416 e. The van der Waals surface area contributed by atoms with E-state index in [9.17, 15) is 14.7 Å². The van der Waals surface area contributed by atoms with Crippen LogP contribution in [0.1, 0.15) is 22.8 Å². The molecule has 2 amide bonds. The molecule has 1 heterocycles. The van der Waals surface area contributed by atoms with Gasteiger partial charge in [-0.3, -0.25) is 9.69 Å². The van der Waals surface area contributed by atoms with Gasteiger partial charge in [0.05, 0.1) is 5.69 Å². The lowest BCUT2D eigenvalue weighted by Crippen LogP contribution is -2.26. The van der Waals surface area contributed by atoms with Gasteiger partial charge >= 0.3 is 6.09 Å². The lowest BCUT2D eigenvalue weighted by atomic mass is 9.97. The molecule has 0 spiro atoms. The zero-order valence-electron chi connectivity index (χ0n) is 12.7. The first kappa shape index (κ1) is 14.8. The monoisotopic (exact) mass is 308 g/mol. The van der Waals surface area contributed by atoms with Crippen LogP contribution in [0.2, 0.25) is 0 Å². The van der Waals surface area contributed by atoms with Gasteiger partial charge in [-0.25, -0.2) is 4.79 Å². The fraction of sp³-hybridized carbons (Fsp3) is 0.111. The zero-order valence-corrected chi connectivity index (χ0v) is 12.7. The lowest BCUT2D eigenvalue weighted by Gasteiger charge is -2.19. The molecule has 0 fully saturated rings. The van der Waals surface area contributed by atoms with E-state index in [4.69, 9.17) is 0 Å². The van der Waals surface area contributed by atoms with Crippen LogP contribution in [-0.2, 0) is 6.54 Å². The Labute approximate surface area is 133 Å². The molecule has 2 aromatic rings. The largest absolute Gasteiger partial charge is 0.464 e. The van der Waals surface area contributed by atoms with Crippen molar-refractivity contribution in [2.24, 2.45) is 0 Å². The third-order valence-corrected chi connectivity index (χ3v) is 3.86. The molecule has 3 rings (SSSR count). The van der Waals surface area contributed by atoms with Gasteiger partial charge in [0.25, 0.3) is 5.91 Å². The van der Waals surface area contributed by atoms with Crippen LogP contribution in [0.4, 0.5) is 10.5 Å². The molecule has 0 aliphatic carbocycles. The Hall–Kier alpha value is -3.08. The SMILES string of the molecule is C=C(C)N(C(=O)O)c1ccc(-c2cccc3c2CNC3=O)cc1. The highest BCUT2D eigenvalue weighted by Crippen LogP contribution is 2.31. The van der Waals surface area contributed by atoms with Crippen LogP contribution in [0.15, 0.2) is 54.7 Å². The van der Waals surface area contributed by atoms with Gasteiger partial charge in [-0.2, -0.15) is 0 Å². The summed E-state index contributed by atoms with van der Waals surface area (Å²) < 4.78 is 0. The highest BCUT2D eigenvalue weighted by Gasteiger charge is 2.22. The van der Waals surface area contributed by atoms with Gasteiger partial charge < -0.3 is 10.4 Å². The minimum absolute atomic E-state index is 0.0576. The van der Waals surface area contributed by atoms with E-state index in [2.05, 4.69) is 11.9 Å². The molecule has 0 aromatic heterocycles. The summed E-state index contributed by atoms with van der Waals surface area (Å²) in [6.45, 7) is 5.84. The molecule has 2 aromatic carbocycles. The second-order valence-corrected chi connectivity index (χ2v) is 5.41. The molecule has 0 atom stereocenters. The molecule has 0 bridgehead atoms. The van der Waals surface area contributed by atoms with Gasteiger partial charge in [-0.05, 0) is 41.8 Å². The van der Waals surface area contributed by atoms with Crippen molar-refractivity contribution in [1.29, 1.82) is 0 Å². The van der Waals surface area contributed by atoms with Gasteiger partial charge in [-0.1, -0.05) is 30.8 Å². The number of fused-ring (bicyclic) bond motifs is 1. The van der Waals surface area contributed by atoms with Crippen LogP contribution in [0.5, 0.6) is 0 Å². The van der Waals surface area contributed by atoms with Gasteiger partial charge in [-0.15, -0.1) is 0 Å². The number of nitrogens with one attached hydrogen (secondary N) is 1. The number of benzene rings is 2. The first-order valence-electron chi connectivity index (χ1n) is 7.18. The standard InChI is InChI=1S/C18H16N2O3/c1-11(2)20(18(22)23)13-8-6-12(7-9-13)14-4-3-5-15-16(14)10-19-17(15)21/h3-9H,1,10H2,2H3,(H,19,21)(H,22,23). The quantitative estimate of drug-likeness (QED) is 0.910. The van der Waals surface area contributed by atoms with Crippen molar-refractivity contribution < 1.29 is 14.7 Å². The molecule has 1 aliphatic rings. The average molecular weight is 308 g/mol. The predicted molar refractivity (Wildman–Crippen MR) is 88.4 cm³/mol. The molecule has 0 radical (unpaired) electrons. The summed E-state index contributed by atoms with van der Waals surface area (Å²) in [6, 6.07) is 12.8. The third-order valence-electron chi connectivity index (χ3n) is 3.86. The van der Waals surface area contributed by atoms with Gasteiger partial charge in [0.1, 0.15) is 0 Å². The number of amides is 2. The summed E-state index contributed by atoms with van der Waals surface area (Å²) in [7, 11) is 0. The van der Waals surface area contributed by atoms with Crippen LogP contribution >= 0.6 is 0 Å². The second-order valence-electron chi connectivity index (χ2n) is 5.41. The van der Waals surface area contributed by atoms with Crippen LogP contribution in [0.3, 0.4) is 0 Å². The highest BCUT2D eigenvalue weighted by atomic mass is 16.4. The number of carbonyl (C=O) groups excluding carboxylic acids is 1. The number of carbonyl (C=O) groups is 2. The minimum Gasteiger partial charge on any atom is -0.464 e. The second kappa shape index (κ2) is 5.61. The Kier molecular flexibility index (Phi) is 3.62. The number of hydrogen-bond donors (Lipinski definition) is 2. The Balaban J connectivity index is 2.00. The maximum atomic E-state index is 11.7. The first-order valence-corrected chi connectivity index (χ1v) is 7.18. The molecule has 5 heteroatoms. The van der Waals surface area contributed by atoms with E-state index < -0.39 is 6.09 Å². The summed E-state index contributed by atoms with van der Waals surface area (Å²) in [5, 5.41) is 12.1. The predicted octanol–water partition coefficient (Wildman–Crippen LogP) is 3.62. The number of allylic oxidation sites excluding steroid dienone is 1. The van der Waals surface area contributed by atoms with Crippen LogP contribution in [0.25, 0.3) is 11.1 Å². The molecule has 116 valence electrons. The molecule has 23 heavy (non-hydrogen) atoms. The maximum Gasteiger partial charge on any atom is 0.416 e. The molecular weight excluding hydrogens is 292 g/mol. The van der Waals surface area contributed by atoms with E-state index in [1.54, 1.807) is 19.1 Å². The molecule has 0 saturated carbocycles. The highest BCUT2D eigenvalue weighted by molar-refractivity contribution is 6.00.